The quantitative estimate of drug-likeness (QED) is 0.759. The molecule has 0 bridgehead atoms. The number of hydrogen-bond acceptors (Lipinski definition) is 2. The monoisotopic (exact) mass is 236 g/mol. The number of rotatable bonds is 1. The zero-order valence-electron chi connectivity index (χ0n) is 11.4. The highest BCUT2D eigenvalue weighted by molar-refractivity contribution is 5.95. The summed E-state index contributed by atoms with van der Waals surface area (Å²) in [6.07, 6.45) is 5.81. The van der Waals surface area contributed by atoms with E-state index in [1.54, 1.807) is 0 Å². The van der Waals surface area contributed by atoms with Gasteiger partial charge in [0.1, 0.15) is 0 Å². The molecular weight excluding hydrogens is 212 g/mol. The molecule has 0 spiro atoms. The largest absolute Gasteiger partial charge is 0.390 e. The lowest BCUT2D eigenvalue weighted by Gasteiger charge is -2.36. The zero-order chi connectivity index (χ0) is 12.8. The second-order valence-corrected chi connectivity index (χ2v) is 6.78. The van der Waals surface area contributed by atoms with Crippen molar-refractivity contribution in [3.63, 3.8) is 0 Å². The van der Waals surface area contributed by atoms with E-state index in [0.29, 0.717) is 24.0 Å². The van der Waals surface area contributed by atoms with Gasteiger partial charge < -0.3 is 5.11 Å². The molecule has 0 aromatic heterocycles. The molecule has 1 saturated carbocycles. The minimum absolute atomic E-state index is 0.0933. The highest BCUT2D eigenvalue weighted by Gasteiger charge is 2.50. The van der Waals surface area contributed by atoms with Gasteiger partial charge in [0.05, 0.1) is 5.60 Å². The molecule has 0 heterocycles. The van der Waals surface area contributed by atoms with Crippen molar-refractivity contribution in [1.29, 1.82) is 0 Å². The molecule has 0 saturated heterocycles. The number of fused-ring (bicyclic) bond motifs is 1. The van der Waals surface area contributed by atoms with E-state index < -0.39 is 5.60 Å². The third-order valence-electron chi connectivity index (χ3n) is 5.00. The number of Topliss-reactive ketones (excluding diaryl/α,β-unsaturated/α-hetero) is 1. The normalized spacial score (nSPS) is 38.6. The maximum Gasteiger partial charge on any atom is 0.158 e. The molecule has 2 nitrogen and oxygen atoms in total. The Morgan fingerprint density at radius 2 is 2.12 bits per heavy atom. The van der Waals surface area contributed by atoms with Gasteiger partial charge in [-0.3, -0.25) is 4.79 Å². The standard InChI is InChI=1S/C15H24O2/c1-10-5-6-12-11(14(2,3)17)7-8-15(12,4)9-13(10)16/h5,11-12,17H,6-9H2,1-4H3. The minimum Gasteiger partial charge on any atom is -0.390 e. The van der Waals surface area contributed by atoms with Crippen molar-refractivity contribution in [3.8, 4) is 0 Å². The van der Waals surface area contributed by atoms with Crippen LogP contribution in [-0.2, 0) is 4.79 Å². The Morgan fingerprint density at radius 1 is 1.47 bits per heavy atom. The molecule has 2 heteroatoms. The first-order valence-electron chi connectivity index (χ1n) is 6.66. The van der Waals surface area contributed by atoms with Crippen molar-refractivity contribution < 1.29 is 9.90 Å². The summed E-state index contributed by atoms with van der Waals surface area (Å²) in [5.74, 6) is 1.07. The van der Waals surface area contributed by atoms with Crippen LogP contribution in [0.3, 0.4) is 0 Å². The molecule has 2 rings (SSSR count). The van der Waals surface area contributed by atoms with E-state index in [1.807, 2.05) is 20.8 Å². The van der Waals surface area contributed by atoms with Crippen LogP contribution >= 0.6 is 0 Å². The molecule has 1 fully saturated rings. The Balaban J connectivity index is 2.31. The first-order chi connectivity index (χ1) is 7.74. The van der Waals surface area contributed by atoms with Crippen molar-refractivity contribution in [2.24, 2.45) is 17.3 Å². The van der Waals surface area contributed by atoms with Gasteiger partial charge >= 0.3 is 0 Å². The molecule has 3 unspecified atom stereocenters. The van der Waals surface area contributed by atoms with E-state index in [1.165, 1.54) is 0 Å². The van der Waals surface area contributed by atoms with Crippen LogP contribution in [0.5, 0.6) is 0 Å². The van der Waals surface area contributed by atoms with Crippen LogP contribution in [0.4, 0.5) is 0 Å². The molecule has 0 radical (unpaired) electrons. The van der Waals surface area contributed by atoms with E-state index in [-0.39, 0.29) is 5.41 Å². The molecule has 0 aromatic carbocycles. The van der Waals surface area contributed by atoms with Crippen LogP contribution in [-0.4, -0.2) is 16.5 Å². The fourth-order valence-electron chi connectivity index (χ4n) is 3.80. The highest BCUT2D eigenvalue weighted by atomic mass is 16.3. The van der Waals surface area contributed by atoms with E-state index >= 15 is 0 Å². The zero-order valence-corrected chi connectivity index (χ0v) is 11.4. The van der Waals surface area contributed by atoms with Crippen LogP contribution in [0.15, 0.2) is 11.6 Å². The third-order valence-corrected chi connectivity index (χ3v) is 5.00. The Morgan fingerprint density at radius 3 is 2.71 bits per heavy atom. The lowest BCUT2D eigenvalue weighted by Crippen LogP contribution is -2.37. The van der Waals surface area contributed by atoms with Gasteiger partial charge in [-0.25, -0.2) is 0 Å². The van der Waals surface area contributed by atoms with E-state index in [9.17, 15) is 9.90 Å². The van der Waals surface area contributed by atoms with Crippen molar-refractivity contribution in [2.45, 2.75) is 59.0 Å². The Hall–Kier alpha value is -0.630. The van der Waals surface area contributed by atoms with Gasteiger partial charge in [-0.2, -0.15) is 0 Å². The summed E-state index contributed by atoms with van der Waals surface area (Å²) in [4.78, 5) is 12.0. The van der Waals surface area contributed by atoms with Crippen molar-refractivity contribution >= 4 is 5.78 Å². The van der Waals surface area contributed by atoms with Crippen LogP contribution in [0, 0.1) is 17.3 Å². The maximum absolute atomic E-state index is 12.0. The number of aliphatic hydroxyl groups is 1. The Bertz CT molecular complexity index is 362. The Labute approximate surface area is 104 Å². The fraction of sp³-hybridized carbons (Fsp3) is 0.800. The number of allylic oxidation sites excluding steroid dienone is 2. The summed E-state index contributed by atoms with van der Waals surface area (Å²) in [6.45, 7) is 7.97. The van der Waals surface area contributed by atoms with Gasteiger partial charge in [0, 0.05) is 6.42 Å². The maximum atomic E-state index is 12.0. The topological polar surface area (TPSA) is 37.3 Å². The SMILES string of the molecule is CC1=CCC2C(C(C)(C)O)CCC2(C)CC1=O. The summed E-state index contributed by atoms with van der Waals surface area (Å²) in [5, 5.41) is 10.3. The lowest BCUT2D eigenvalue weighted by molar-refractivity contribution is -0.118. The van der Waals surface area contributed by atoms with Crippen LogP contribution in [0.1, 0.15) is 53.4 Å². The van der Waals surface area contributed by atoms with Gasteiger partial charge in [0.2, 0.25) is 0 Å². The van der Waals surface area contributed by atoms with Gasteiger partial charge in [0.15, 0.2) is 5.78 Å². The van der Waals surface area contributed by atoms with Crippen LogP contribution in [0.2, 0.25) is 0 Å². The minimum atomic E-state index is -0.627. The summed E-state index contributed by atoms with van der Waals surface area (Å²) < 4.78 is 0. The summed E-state index contributed by atoms with van der Waals surface area (Å²) >= 11 is 0. The van der Waals surface area contributed by atoms with Crippen molar-refractivity contribution in [3.05, 3.63) is 11.6 Å². The molecule has 3 atom stereocenters. The highest BCUT2D eigenvalue weighted by Crippen LogP contribution is 2.55. The van der Waals surface area contributed by atoms with Gasteiger partial charge in [0.25, 0.3) is 0 Å². The summed E-state index contributed by atoms with van der Waals surface area (Å²) in [7, 11) is 0. The molecule has 17 heavy (non-hydrogen) atoms. The molecule has 96 valence electrons. The van der Waals surface area contributed by atoms with E-state index in [0.717, 1.165) is 24.8 Å². The Kier molecular flexibility index (Phi) is 2.97. The van der Waals surface area contributed by atoms with E-state index in [2.05, 4.69) is 13.0 Å². The first-order valence-corrected chi connectivity index (χ1v) is 6.66. The summed E-state index contributed by atoms with van der Waals surface area (Å²) in [5.41, 5.74) is 0.378. The van der Waals surface area contributed by atoms with Crippen molar-refractivity contribution in [1.82, 2.24) is 0 Å². The number of ketones is 1. The number of hydrogen-bond donors (Lipinski definition) is 1. The molecule has 0 aliphatic heterocycles. The van der Waals surface area contributed by atoms with Gasteiger partial charge in [-0.05, 0) is 62.9 Å². The number of carbonyl (C=O) groups is 1. The first kappa shape index (κ1) is 12.8. The van der Waals surface area contributed by atoms with E-state index in [4.69, 9.17) is 0 Å². The fourth-order valence-corrected chi connectivity index (χ4v) is 3.80. The molecular formula is C15H24O2. The third kappa shape index (κ3) is 2.20. The predicted octanol–water partition coefficient (Wildman–Crippen LogP) is 3.10. The van der Waals surface area contributed by atoms with Gasteiger partial charge in [-0.15, -0.1) is 0 Å². The smallest absolute Gasteiger partial charge is 0.158 e. The average Bonchev–Trinajstić information content (AvgIpc) is 2.46. The predicted molar refractivity (Wildman–Crippen MR) is 68.6 cm³/mol. The lowest BCUT2D eigenvalue weighted by atomic mass is 9.70. The van der Waals surface area contributed by atoms with Crippen LogP contribution < -0.4 is 0 Å². The van der Waals surface area contributed by atoms with Crippen molar-refractivity contribution in [2.75, 3.05) is 0 Å². The second kappa shape index (κ2) is 3.94. The second-order valence-electron chi connectivity index (χ2n) is 6.78. The number of carbonyl (C=O) groups excluding carboxylic acids is 1. The molecule has 0 amide bonds. The molecule has 0 aromatic rings. The molecule has 2 aliphatic rings. The summed E-state index contributed by atoms with van der Waals surface area (Å²) in [6, 6.07) is 0. The molecule has 1 N–H and O–H groups in total. The van der Waals surface area contributed by atoms with Gasteiger partial charge in [-0.1, -0.05) is 13.0 Å². The molecule has 2 aliphatic carbocycles. The average molecular weight is 236 g/mol. The van der Waals surface area contributed by atoms with Crippen LogP contribution in [0.25, 0.3) is 0 Å².